The zero-order chi connectivity index (χ0) is 35.2. The van der Waals surface area contributed by atoms with Gasteiger partial charge in [-0.15, -0.1) is 0 Å². The van der Waals surface area contributed by atoms with Crippen LogP contribution in [0.25, 0.3) is 12.7 Å². The molecule has 4 atom stereocenters. The maximum Gasteiger partial charge on any atom is 0.321 e. The minimum Gasteiger partial charge on any atom is -0.451 e. The van der Waals surface area contributed by atoms with Gasteiger partial charge in [0.1, 0.15) is 30.8 Å². The van der Waals surface area contributed by atoms with Gasteiger partial charge in [-0.05, 0) is 50.8 Å². The first-order chi connectivity index (χ1) is 22.7. The van der Waals surface area contributed by atoms with Crippen LogP contribution in [-0.2, 0) is 33.4 Å². The average Bonchev–Trinajstić information content (AvgIpc) is 3.08. The summed E-state index contributed by atoms with van der Waals surface area (Å²) in [7, 11) is 0. The molecule has 1 aromatic heterocycles. The molecule has 3 amide bonds. The lowest BCUT2D eigenvalue weighted by Gasteiger charge is -2.41. The SMILES string of the molecule is C=c1nc2cc/c1=C/C=C(C)/C=C/C1(COC(CF)(CF)OC1)C(=O)OC(C(C)C)C(=O)NC(C)C(=O)N1CCCC(N1)C(=O)N[C@@H]2C. The van der Waals surface area contributed by atoms with Gasteiger partial charge in [0.25, 0.3) is 11.8 Å². The van der Waals surface area contributed by atoms with Crippen LogP contribution in [-0.4, -0.2) is 90.8 Å². The summed E-state index contributed by atoms with van der Waals surface area (Å²) in [5.41, 5.74) is 2.59. The van der Waals surface area contributed by atoms with Crippen molar-refractivity contribution in [2.75, 3.05) is 33.1 Å². The molecule has 2 fully saturated rings. The molecular formula is C34H45F2N5O7. The lowest BCUT2D eigenvalue weighted by Crippen LogP contribution is -2.61. The number of pyridine rings is 1. The van der Waals surface area contributed by atoms with Crippen LogP contribution in [0.1, 0.15) is 59.2 Å². The van der Waals surface area contributed by atoms with E-state index in [1.807, 2.05) is 6.07 Å². The Morgan fingerprint density at radius 1 is 1.02 bits per heavy atom. The largest absolute Gasteiger partial charge is 0.451 e. The van der Waals surface area contributed by atoms with Crippen LogP contribution in [0.2, 0.25) is 0 Å². The third kappa shape index (κ3) is 8.34. The van der Waals surface area contributed by atoms with Crippen LogP contribution in [0.5, 0.6) is 0 Å². The standard InChI is InChI=1S/C34H45F2N5O7/c1-20(2)28-30(43)39-24(6)31(44)41-15-7-8-27(40-41)29(42)38-23(5)26-12-11-25(22(4)37-26)10-9-21(3)13-14-33(32(45)48-28)18-46-34(16-35,17-36)47-19-33/h9-14,20,23-24,27-28,40H,4,7-8,15-19H2,1-3,5-6H3,(H,38,42)(H,39,43)/b14-13+,21-9+,25-10-/t23-,24?,27?,28?/m1/s1. The molecule has 1 aromatic rings. The highest BCUT2D eigenvalue weighted by atomic mass is 19.1. The fourth-order valence-electron chi connectivity index (χ4n) is 5.40. The summed E-state index contributed by atoms with van der Waals surface area (Å²) in [5, 5.41) is 8.06. The summed E-state index contributed by atoms with van der Waals surface area (Å²) in [6.07, 6.45) is 6.34. The summed E-state index contributed by atoms with van der Waals surface area (Å²) >= 11 is 0. The van der Waals surface area contributed by atoms with Crippen molar-refractivity contribution >= 4 is 36.3 Å². The number of hydrogen-bond acceptors (Lipinski definition) is 9. The minimum atomic E-state index is -2.15. The lowest BCUT2D eigenvalue weighted by atomic mass is 9.87. The van der Waals surface area contributed by atoms with Gasteiger partial charge in [0, 0.05) is 6.54 Å². The number of aromatic nitrogens is 1. The normalized spacial score (nSPS) is 29.6. The smallest absolute Gasteiger partial charge is 0.321 e. The van der Waals surface area contributed by atoms with Gasteiger partial charge in [-0.3, -0.25) is 29.2 Å². The van der Waals surface area contributed by atoms with Gasteiger partial charge in [-0.25, -0.2) is 14.2 Å². The van der Waals surface area contributed by atoms with Crippen LogP contribution in [0.4, 0.5) is 8.78 Å². The van der Waals surface area contributed by atoms with E-state index in [9.17, 15) is 28.0 Å². The van der Waals surface area contributed by atoms with E-state index < -0.39 is 85.7 Å². The third-order valence-corrected chi connectivity index (χ3v) is 8.62. The van der Waals surface area contributed by atoms with Gasteiger partial charge in [-0.2, -0.15) is 0 Å². The zero-order valence-corrected chi connectivity index (χ0v) is 28.0. The number of allylic oxidation sites excluding steroid dienone is 3. The summed E-state index contributed by atoms with van der Waals surface area (Å²) in [5.74, 6) is -5.10. The Balaban J connectivity index is 1.73. The molecule has 48 heavy (non-hydrogen) atoms. The van der Waals surface area contributed by atoms with Crippen LogP contribution in [0.15, 0.2) is 35.9 Å². The molecular weight excluding hydrogens is 628 g/mol. The van der Waals surface area contributed by atoms with Gasteiger partial charge < -0.3 is 24.8 Å². The number of nitrogens with one attached hydrogen (secondary N) is 3. The molecule has 1 spiro atoms. The topological polar surface area (TPSA) is 148 Å². The minimum absolute atomic E-state index is 0.310. The maximum absolute atomic E-state index is 13.8. The van der Waals surface area contributed by atoms with Crippen molar-refractivity contribution in [2.45, 2.75) is 77.5 Å². The number of amides is 3. The van der Waals surface area contributed by atoms with Gasteiger partial charge in [0.2, 0.25) is 11.7 Å². The number of esters is 1. The Morgan fingerprint density at radius 3 is 2.31 bits per heavy atom. The third-order valence-electron chi connectivity index (χ3n) is 8.62. The molecule has 0 radical (unpaired) electrons. The fourth-order valence-corrected chi connectivity index (χ4v) is 5.40. The molecule has 12 nitrogen and oxygen atoms in total. The number of carbonyl (C=O) groups is 4. The maximum atomic E-state index is 13.8. The summed E-state index contributed by atoms with van der Waals surface area (Å²) < 4.78 is 44.0. The second kappa shape index (κ2) is 15.5. The van der Waals surface area contributed by atoms with E-state index in [0.717, 1.165) is 0 Å². The van der Waals surface area contributed by atoms with E-state index in [1.165, 1.54) is 18.0 Å². The number of fused-ring (bicyclic) bond motifs is 12. The molecule has 3 unspecified atom stereocenters. The van der Waals surface area contributed by atoms with Crippen molar-refractivity contribution < 1.29 is 42.2 Å². The average molecular weight is 674 g/mol. The van der Waals surface area contributed by atoms with E-state index in [2.05, 4.69) is 27.6 Å². The van der Waals surface area contributed by atoms with Crippen molar-refractivity contribution in [3.8, 4) is 0 Å². The number of ether oxygens (including phenoxy) is 3. The number of rotatable bonds is 3. The lowest BCUT2D eigenvalue weighted by molar-refractivity contribution is -0.305. The molecule has 4 aliphatic rings. The number of hydrazine groups is 1. The number of hydrogen-bond donors (Lipinski definition) is 3. The molecule has 5 rings (SSSR count). The highest BCUT2D eigenvalue weighted by Crippen LogP contribution is 2.35. The Labute approximate surface area is 278 Å². The quantitative estimate of drug-likeness (QED) is 0.403. The van der Waals surface area contributed by atoms with E-state index in [1.54, 1.807) is 52.0 Å². The zero-order valence-electron chi connectivity index (χ0n) is 28.0. The fraction of sp³-hybridized carbons (Fsp3) is 0.559. The number of halogens is 2. The first-order valence-electron chi connectivity index (χ1n) is 16.1. The molecule has 0 aromatic carbocycles. The van der Waals surface area contributed by atoms with Crippen LogP contribution in [0, 0.1) is 11.3 Å². The molecule has 262 valence electrons. The first kappa shape index (κ1) is 36.8. The molecule has 4 aliphatic heterocycles. The monoisotopic (exact) mass is 673 g/mol. The second-order valence-electron chi connectivity index (χ2n) is 12.9. The summed E-state index contributed by atoms with van der Waals surface area (Å²) in [4.78, 5) is 58.4. The van der Waals surface area contributed by atoms with Crippen molar-refractivity contribution in [3.63, 3.8) is 0 Å². The van der Waals surface area contributed by atoms with Crippen molar-refractivity contribution in [2.24, 2.45) is 11.3 Å². The van der Waals surface area contributed by atoms with Gasteiger partial charge >= 0.3 is 5.97 Å². The van der Waals surface area contributed by atoms with Crippen molar-refractivity contribution in [3.05, 3.63) is 52.2 Å². The van der Waals surface area contributed by atoms with Crippen LogP contribution < -0.4 is 26.6 Å². The highest BCUT2D eigenvalue weighted by molar-refractivity contribution is 5.91. The Kier molecular flexibility index (Phi) is 11.9. The van der Waals surface area contributed by atoms with Gasteiger partial charge in [-0.1, -0.05) is 56.4 Å². The molecule has 0 aliphatic carbocycles. The van der Waals surface area contributed by atoms with Crippen LogP contribution in [0.3, 0.4) is 0 Å². The predicted octanol–water partition coefficient (Wildman–Crippen LogP) is 1.20. The second-order valence-corrected chi connectivity index (χ2v) is 12.9. The Bertz CT molecular complexity index is 1550. The van der Waals surface area contributed by atoms with E-state index >= 15 is 0 Å². The van der Waals surface area contributed by atoms with Crippen LogP contribution >= 0.6 is 0 Å². The summed E-state index contributed by atoms with van der Waals surface area (Å²) in [6, 6.07) is 1.41. The first-order valence-corrected chi connectivity index (χ1v) is 16.1. The molecule has 5 heterocycles. The van der Waals surface area contributed by atoms with Gasteiger partial charge in [0.15, 0.2) is 6.10 Å². The Morgan fingerprint density at radius 2 is 1.69 bits per heavy atom. The van der Waals surface area contributed by atoms with E-state index in [-0.39, 0.29) is 5.91 Å². The number of nitrogens with zero attached hydrogens (tertiary/aromatic N) is 2. The number of carbonyl (C=O) groups excluding carboxylic acids is 4. The summed E-state index contributed by atoms with van der Waals surface area (Å²) in [6.45, 7) is 9.27. The molecule has 2 saturated heterocycles. The number of alkyl halides is 2. The Hall–Kier alpha value is -4.01. The van der Waals surface area contributed by atoms with Crippen molar-refractivity contribution in [1.82, 2.24) is 26.1 Å². The molecule has 4 bridgehead atoms. The molecule has 14 heteroatoms. The van der Waals surface area contributed by atoms with E-state index in [0.29, 0.717) is 41.2 Å². The highest BCUT2D eigenvalue weighted by Gasteiger charge is 2.50. The molecule has 3 N–H and O–H groups in total. The molecule has 0 saturated carbocycles. The van der Waals surface area contributed by atoms with Crippen molar-refractivity contribution in [1.29, 1.82) is 0 Å². The predicted molar refractivity (Wildman–Crippen MR) is 172 cm³/mol. The van der Waals surface area contributed by atoms with Gasteiger partial charge in [0.05, 0.1) is 30.3 Å². The van der Waals surface area contributed by atoms with E-state index in [4.69, 9.17) is 14.2 Å².